The normalized spacial score (nSPS) is 14.6. The van der Waals surface area contributed by atoms with Gasteiger partial charge in [-0.25, -0.2) is 0 Å². The Kier molecular flexibility index (Phi) is 6.73. The lowest BCUT2D eigenvalue weighted by Gasteiger charge is -2.27. The Hall–Kier alpha value is -2.06. The molecule has 0 aliphatic carbocycles. The fraction of sp³-hybridized carbons (Fsp3) is 0.526. The maximum Gasteiger partial charge on any atom is 0.234 e. The molecule has 146 valence electrons. The van der Waals surface area contributed by atoms with Gasteiger partial charge >= 0.3 is 0 Å². The summed E-state index contributed by atoms with van der Waals surface area (Å²) in [5.41, 5.74) is 2.04. The van der Waals surface area contributed by atoms with E-state index in [9.17, 15) is 4.79 Å². The van der Waals surface area contributed by atoms with E-state index in [1.165, 1.54) is 17.3 Å². The molecule has 8 heteroatoms. The number of amides is 1. The van der Waals surface area contributed by atoms with E-state index in [2.05, 4.69) is 51.8 Å². The van der Waals surface area contributed by atoms with Crippen molar-refractivity contribution in [3.63, 3.8) is 0 Å². The second-order valence-corrected chi connectivity index (χ2v) is 7.69. The summed E-state index contributed by atoms with van der Waals surface area (Å²) in [6.45, 7) is 10.1. The summed E-state index contributed by atoms with van der Waals surface area (Å²) in [5, 5.41) is 12.4. The third-order valence-electron chi connectivity index (χ3n) is 4.48. The Bertz CT molecular complexity index is 771. The summed E-state index contributed by atoms with van der Waals surface area (Å²) >= 11 is 1.41. The van der Waals surface area contributed by atoms with Gasteiger partial charge in [0.25, 0.3) is 0 Å². The van der Waals surface area contributed by atoms with Crippen molar-refractivity contribution in [1.29, 1.82) is 0 Å². The smallest absolute Gasteiger partial charge is 0.234 e. The first-order valence-corrected chi connectivity index (χ1v) is 10.4. The largest absolute Gasteiger partial charge is 0.378 e. The number of benzene rings is 1. The highest BCUT2D eigenvalue weighted by Crippen LogP contribution is 2.23. The van der Waals surface area contributed by atoms with Crippen LogP contribution in [0.1, 0.15) is 32.3 Å². The van der Waals surface area contributed by atoms with Gasteiger partial charge in [0.1, 0.15) is 0 Å². The average molecular weight is 390 g/mol. The molecule has 2 aromatic rings. The molecule has 1 fully saturated rings. The molecular weight excluding hydrogens is 362 g/mol. The molecule has 1 amide bonds. The molecule has 7 nitrogen and oxygen atoms in total. The van der Waals surface area contributed by atoms with Crippen LogP contribution >= 0.6 is 11.8 Å². The Labute approximate surface area is 164 Å². The highest BCUT2D eigenvalue weighted by molar-refractivity contribution is 7.99. The van der Waals surface area contributed by atoms with E-state index in [0.29, 0.717) is 24.9 Å². The Morgan fingerprint density at radius 2 is 2.07 bits per heavy atom. The summed E-state index contributed by atoms with van der Waals surface area (Å²) in [7, 11) is 0. The molecule has 0 spiro atoms. The Morgan fingerprint density at radius 3 is 2.78 bits per heavy atom. The van der Waals surface area contributed by atoms with Gasteiger partial charge < -0.3 is 15.0 Å². The summed E-state index contributed by atoms with van der Waals surface area (Å²) in [4.78, 5) is 14.5. The third kappa shape index (κ3) is 5.01. The molecule has 0 bridgehead atoms. The van der Waals surface area contributed by atoms with Crippen LogP contribution in [-0.4, -0.2) is 52.7 Å². The van der Waals surface area contributed by atoms with Crippen molar-refractivity contribution in [2.24, 2.45) is 0 Å². The molecular formula is C19H27N5O2S. The second-order valence-electron chi connectivity index (χ2n) is 6.74. The maximum absolute atomic E-state index is 12.4. The summed E-state index contributed by atoms with van der Waals surface area (Å²) in [6.07, 6.45) is 0. The minimum atomic E-state index is -0.0421. The van der Waals surface area contributed by atoms with Gasteiger partial charge in [-0.2, -0.15) is 0 Å². The molecule has 1 N–H and O–H groups in total. The molecule has 0 unspecified atom stereocenters. The van der Waals surface area contributed by atoms with Gasteiger partial charge in [0.15, 0.2) is 5.16 Å². The minimum Gasteiger partial charge on any atom is -0.378 e. The van der Waals surface area contributed by atoms with Crippen LogP contribution in [0.3, 0.4) is 0 Å². The number of thioether (sulfide) groups is 1. The van der Waals surface area contributed by atoms with Gasteiger partial charge in [-0.3, -0.25) is 9.36 Å². The van der Waals surface area contributed by atoms with E-state index in [4.69, 9.17) is 4.74 Å². The number of carbonyl (C=O) groups excluding carboxylic acids is 1. The quantitative estimate of drug-likeness (QED) is 0.734. The zero-order valence-electron chi connectivity index (χ0n) is 16.1. The van der Waals surface area contributed by atoms with Crippen LogP contribution in [-0.2, 0) is 16.1 Å². The van der Waals surface area contributed by atoms with Crippen LogP contribution in [0.25, 0.3) is 0 Å². The number of hydrogen-bond donors (Lipinski definition) is 1. The highest BCUT2D eigenvalue weighted by atomic mass is 32.2. The molecule has 0 saturated carbocycles. The molecule has 0 radical (unpaired) electrons. The lowest BCUT2D eigenvalue weighted by Crippen LogP contribution is -2.38. The van der Waals surface area contributed by atoms with Crippen molar-refractivity contribution in [3.05, 3.63) is 29.8 Å². The van der Waals surface area contributed by atoms with Crippen LogP contribution in [0.2, 0.25) is 0 Å². The number of ether oxygens (including phenoxy) is 1. The Morgan fingerprint density at radius 1 is 1.30 bits per heavy atom. The van der Waals surface area contributed by atoms with E-state index < -0.39 is 0 Å². The lowest BCUT2D eigenvalue weighted by molar-refractivity contribution is -0.113. The zero-order chi connectivity index (χ0) is 19.2. The van der Waals surface area contributed by atoms with Crippen LogP contribution < -0.4 is 10.2 Å². The number of nitrogens with one attached hydrogen (secondary N) is 1. The van der Waals surface area contributed by atoms with Crippen LogP contribution in [0.5, 0.6) is 0 Å². The van der Waals surface area contributed by atoms with Crippen molar-refractivity contribution >= 4 is 29.3 Å². The number of carbonyl (C=O) groups is 1. The molecule has 1 aliphatic rings. The number of morpholine rings is 1. The number of nitrogens with zero attached hydrogens (tertiary/aromatic N) is 4. The minimum absolute atomic E-state index is 0.0421. The standard InChI is InChI=1S/C19H27N5O2S/c1-4-24-18(23-8-10-26-11-9-23)21-22-19(24)27-13-17(25)20-16-7-5-6-15(12-16)14(2)3/h5-7,12,14H,4,8-11,13H2,1-3H3,(H,20,25). The molecule has 1 aromatic carbocycles. The van der Waals surface area contributed by atoms with Crippen LogP contribution in [0.15, 0.2) is 29.4 Å². The van der Waals surface area contributed by atoms with E-state index in [1.807, 2.05) is 18.2 Å². The number of anilines is 2. The van der Waals surface area contributed by atoms with Gasteiger partial charge in [0.05, 0.1) is 19.0 Å². The number of rotatable bonds is 7. The zero-order valence-corrected chi connectivity index (χ0v) is 17.0. The van der Waals surface area contributed by atoms with Gasteiger partial charge in [0.2, 0.25) is 11.9 Å². The van der Waals surface area contributed by atoms with Gasteiger partial charge in [-0.1, -0.05) is 37.7 Å². The molecule has 0 atom stereocenters. The molecule has 1 aromatic heterocycles. The molecule has 2 heterocycles. The average Bonchev–Trinajstić information content (AvgIpc) is 3.10. The van der Waals surface area contributed by atoms with Crippen molar-refractivity contribution in [2.75, 3.05) is 42.3 Å². The summed E-state index contributed by atoms with van der Waals surface area (Å²) < 4.78 is 7.46. The van der Waals surface area contributed by atoms with Gasteiger partial charge in [-0.05, 0) is 30.5 Å². The second kappa shape index (κ2) is 9.23. The Balaban J connectivity index is 1.60. The first-order valence-electron chi connectivity index (χ1n) is 9.37. The van der Waals surface area contributed by atoms with Crippen molar-refractivity contribution in [2.45, 2.75) is 38.4 Å². The summed E-state index contributed by atoms with van der Waals surface area (Å²) in [6, 6.07) is 7.99. The molecule has 1 saturated heterocycles. The molecule has 3 rings (SSSR count). The van der Waals surface area contributed by atoms with E-state index in [0.717, 1.165) is 36.4 Å². The van der Waals surface area contributed by atoms with Crippen LogP contribution in [0.4, 0.5) is 11.6 Å². The SMILES string of the molecule is CCn1c(SCC(=O)Nc2cccc(C(C)C)c2)nnc1N1CCOCC1. The molecule has 27 heavy (non-hydrogen) atoms. The van der Waals surface area contributed by atoms with Crippen LogP contribution in [0, 0.1) is 0 Å². The van der Waals surface area contributed by atoms with E-state index in [-0.39, 0.29) is 5.91 Å². The van der Waals surface area contributed by atoms with Crippen molar-refractivity contribution in [1.82, 2.24) is 14.8 Å². The molecule has 1 aliphatic heterocycles. The fourth-order valence-corrected chi connectivity index (χ4v) is 3.76. The van der Waals surface area contributed by atoms with Crippen molar-refractivity contribution < 1.29 is 9.53 Å². The number of hydrogen-bond acceptors (Lipinski definition) is 6. The van der Waals surface area contributed by atoms with Gasteiger partial charge in [0, 0.05) is 25.3 Å². The van der Waals surface area contributed by atoms with E-state index >= 15 is 0 Å². The first kappa shape index (κ1) is 19.7. The highest BCUT2D eigenvalue weighted by Gasteiger charge is 2.20. The fourth-order valence-electron chi connectivity index (χ4n) is 2.96. The van der Waals surface area contributed by atoms with Gasteiger partial charge in [-0.15, -0.1) is 10.2 Å². The number of aromatic nitrogens is 3. The van der Waals surface area contributed by atoms with E-state index in [1.54, 1.807) is 0 Å². The first-order chi connectivity index (χ1) is 13.1. The predicted molar refractivity (Wildman–Crippen MR) is 109 cm³/mol. The lowest BCUT2D eigenvalue weighted by atomic mass is 10.0. The monoisotopic (exact) mass is 389 g/mol. The van der Waals surface area contributed by atoms with Crippen molar-refractivity contribution in [3.8, 4) is 0 Å². The third-order valence-corrected chi connectivity index (χ3v) is 5.44. The predicted octanol–water partition coefficient (Wildman–Crippen LogP) is 2.99. The summed E-state index contributed by atoms with van der Waals surface area (Å²) in [5.74, 6) is 1.54. The maximum atomic E-state index is 12.4. The topological polar surface area (TPSA) is 72.3 Å².